The number of nitriles is 3. The Kier molecular flexibility index (Phi) is 3.29. The average Bonchev–Trinajstić information content (AvgIpc) is 2.46. The Morgan fingerprint density at radius 2 is 1.42 bits per heavy atom. The lowest BCUT2D eigenvalue weighted by molar-refractivity contribution is 1.39. The first-order valence-electron chi connectivity index (χ1n) is 5.65. The molecule has 0 radical (unpaired) electrons. The summed E-state index contributed by atoms with van der Waals surface area (Å²) in [4.78, 5) is 0. The van der Waals surface area contributed by atoms with Crippen molar-refractivity contribution >= 4 is 0 Å². The summed E-state index contributed by atoms with van der Waals surface area (Å²) in [7, 11) is 0. The Morgan fingerprint density at radius 1 is 0.842 bits per heavy atom. The van der Waals surface area contributed by atoms with Gasteiger partial charge in [0.1, 0.15) is 0 Å². The first-order valence-corrected chi connectivity index (χ1v) is 5.65. The third-order valence-electron chi connectivity index (χ3n) is 2.92. The molecule has 0 aliphatic rings. The van der Waals surface area contributed by atoms with Crippen molar-refractivity contribution in [1.82, 2.24) is 0 Å². The van der Waals surface area contributed by atoms with E-state index in [4.69, 9.17) is 5.26 Å². The largest absolute Gasteiger partial charge is 0.192 e. The first-order chi connectivity index (χ1) is 9.21. The van der Waals surface area contributed by atoms with E-state index < -0.39 is 0 Å². The molecule has 0 N–H and O–H groups in total. The van der Waals surface area contributed by atoms with Gasteiger partial charge in [-0.05, 0) is 30.2 Å². The van der Waals surface area contributed by atoms with Gasteiger partial charge in [-0.15, -0.1) is 0 Å². The van der Waals surface area contributed by atoms with E-state index in [9.17, 15) is 10.5 Å². The highest BCUT2D eigenvalue weighted by molar-refractivity contribution is 5.79. The van der Waals surface area contributed by atoms with Crippen LogP contribution in [0.4, 0.5) is 0 Å². The van der Waals surface area contributed by atoms with Crippen LogP contribution in [0.3, 0.4) is 0 Å². The lowest BCUT2D eigenvalue weighted by Crippen LogP contribution is -1.94. The highest BCUT2D eigenvalue weighted by atomic mass is 14.3. The van der Waals surface area contributed by atoms with Crippen LogP contribution in [-0.4, -0.2) is 0 Å². The fraction of sp³-hybridized carbons (Fsp3) is 0.0625. The predicted octanol–water partition coefficient (Wildman–Crippen LogP) is 3.28. The normalized spacial score (nSPS) is 9.16. The summed E-state index contributed by atoms with van der Waals surface area (Å²) in [5, 5.41) is 27.4. The molecule has 0 heterocycles. The van der Waals surface area contributed by atoms with Crippen molar-refractivity contribution in [3.05, 3.63) is 58.7 Å². The Balaban J connectivity index is 2.85. The van der Waals surface area contributed by atoms with Crippen LogP contribution in [0.5, 0.6) is 0 Å². The molecule has 88 valence electrons. The molecule has 0 aliphatic carbocycles. The SMILES string of the molecule is Cc1ccccc1-c1c(C#N)cc(C#N)cc1C#N. The molecule has 3 heteroatoms. The van der Waals surface area contributed by atoms with Gasteiger partial charge in [0.15, 0.2) is 0 Å². The van der Waals surface area contributed by atoms with E-state index >= 15 is 0 Å². The molecule has 0 amide bonds. The van der Waals surface area contributed by atoms with E-state index in [1.165, 1.54) is 12.1 Å². The zero-order valence-electron chi connectivity index (χ0n) is 10.3. The molecule has 2 aromatic carbocycles. The van der Waals surface area contributed by atoms with Gasteiger partial charge in [0.25, 0.3) is 0 Å². The van der Waals surface area contributed by atoms with Gasteiger partial charge < -0.3 is 0 Å². The summed E-state index contributed by atoms with van der Waals surface area (Å²) in [5.74, 6) is 0. The lowest BCUT2D eigenvalue weighted by Gasteiger charge is -2.10. The molecule has 0 unspecified atom stereocenters. The maximum atomic E-state index is 9.24. The molecule has 0 bridgehead atoms. The number of rotatable bonds is 1. The molecule has 0 fully saturated rings. The van der Waals surface area contributed by atoms with Gasteiger partial charge in [0.05, 0.1) is 34.9 Å². The van der Waals surface area contributed by atoms with Crippen LogP contribution >= 0.6 is 0 Å². The van der Waals surface area contributed by atoms with Gasteiger partial charge >= 0.3 is 0 Å². The second-order valence-corrected chi connectivity index (χ2v) is 4.10. The Bertz CT molecular complexity index is 733. The number of benzene rings is 2. The van der Waals surface area contributed by atoms with Crippen molar-refractivity contribution in [1.29, 1.82) is 15.8 Å². The van der Waals surface area contributed by atoms with Crippen molar-refractivity contribution in [2.75, 3.05) is 0 Å². The quantitative estimate of drug-likeness (QED) is 0.771. The van der Waals surface area contributed by atoms with Gasteiger partial charge in [-0.3, -0.25) is 0 Å². The van der Waals surface area contributed by atoms with Gasteiger partial charge in [0, 0.05) is 5.56 Å². The highest BCUT2D eigenvalue weighted by Crippen LogP contribution is 2.30. The van der Waals surface area contributed by atoms with Gasteiger partial charge in [0.2, 0.25) is 0 Å². The number of aryl methyl sites for hydroxylation is 1. The van der Waals surface area contributed by atoms with E-state index in [2.05, 4.69) is 12.1 Å². The van der Waals surface area contributed by atoms with Crippen LogP contribution in [0.15, 0.2) is 36.4 Å². The Hall–Kier alpha value is -3.09. The highest BCUT2D eigenvalue weighted by Gasteiger charge is 2.14. The van der Waals surface area contributed by atoms with Crippen molar-refractivity contribution < 1.29 is 0 Å². The molecule has 0 saturated heterocycles. The van der Waals surface area contributed by atoms with Crippen LogP contribution in [0.1, 0.15) is 22.3 Å². The van der Waals surface area contributed by atoms with Crippen LogP contribution in [-0.2, 0) is 0 Å². The molecule has 0 saturated carbocycles. The number of hydrogen-bond acceptors (Lipinski definition) is 3. The molecule has 0 atom stereocenters. The summed E-state index contributed by atoms with van der Waals surface area (Å²) >= 11 is 0. The molecule has 2 rings (SSSR count). The van der Waals surface area contributed by atoms with Crippen molar-refractivity contribution in [3.8, 4) is 29.3 Å². The smallest absolute Gasteiger partial charge is 0.0999 e. The fourth-order valence-electron chi connectivity index (χ4n) is 2.03. The zero-order chi connectivity index (χ0) is 13.8. The van der Waals surface area contributed by atoms with Crippen molar-refractivity contribution in [2.24, 2.45) is 0 Å². The summed E-state index contributed by atoms with van der Waals surface area (Å²) in [6, 6.07) is 16.7. The number of hydrogen-bond donors (Lipinski definition) is 0. The molecule has 19 heavy (non-hydrogen) atoms. The third-order valence-corrected chi connectivity index (χ3v) is 2.92. The minimum Gasteiger partial charge on any atom is -0.192 e. The Labute approximate surface area is 111 Å². The van der Waals surface area contributed by atoms with Gasteiger partial charge in [-0.1, -0.05) is 24.3 Å². The summed E-state index contributed by atoms with van der Waals surface area (Å²) in [6.45, 7) is 1.93. The molecule has 3 nitrogen and oxygen atoms in total. The van der Waals surface area contributed by atoms with E-state index in [1.807, 2.05) is 37.3 Å². The lowest BCUT2D eigenvalue weighted by atomic mass is 9.91. The molecular weight excluding hydrogens is 234 g/mol. The topological polar surface area (TPSA) is 71.4 Å². The summed E-state index contributed by atoms with van der Waals surface area (Å²) in [5.41, 5.74) is 3.46. The minimum absolute atomic E-state index is 0.324. The third kappa shape index (κ3) is 2.16. The maximum absolute atomic E-state index is 9.24. The zero-order valence-corrected chi connectivity index (χ0v) is 10.3. The fourth-order valence-corrected chi connectivity index (χ4v) is 2.03. The molecule has 0 aliphatic heterocycles. The predicted molar refractivity (Wildman–Crippen MR) is 70.8 cm³/mol. The molecular formula is C16H9N3. The van der Waals surface area contributed by atoms with Crippen LogP contribution < -0.4 is 0 Å². The molecule has 0 aromatic heterocycles. The molecule has 0 spiro atoms. The Morgan fingerprint density at radius 3 is 1.89 bits per heavy atom. The van der Waals surface area contributed by atoms with Gasteiger partial charge in [-0.25, -0.2) is 0 Å². The summed E-state index contributed by atoms with van der Waals surface area (Å²) in [6.07, 6.45) is 0. The van der Waals surface area contributed by atoms with Gasteiger partial charge in [-0.2, -0.15) is 15.8 Å². The van der Waals surface area contributed by atoms with Crippen LogP contribution in [0, 0.1) is 40.9 Å². The van der Waals surface area contributed by atoms with Crippen molar-refractivity contribution in [2.45, 2.75) is 6.92 Å². The standard InChI is InChI=1S/C16H9N3/c1-11-4-2-3-5-15(11)16-13(9-18)6-12(8-17)7-14(16)10-19/h2-7H,1H3. The first kappa shape index (κ1) is 12.4. The number of nitrogens with zero attached hydrogens (tertiary/aromatic N) is 3. The summed E-state index contributed by atoms with van der Waals surface area (Å²) < 4.78 is 0. The second-order valence-electron chi connectivity index (χ2n) is 4.10. The van der Waals surface area contributed by atoms with Crippen LogP contribution in [0.2, 0.25) is 0 Å². The van der Waals surface area contributed by atoms with E-state index in [-0.39, 0.29) is 0 Å². The van der Waals surface area contributed by atoms with E-state index in [1.54, 1.807) is 0 Å². The van der Waals surface area contributed by atoms with Crippen LogP contribution in [0.25, 0.3) is 11.1 Å². The molecule has 2 aromatic rings. The maximum Gasteiger partial charge on any atom is 0.0999 e. The monoisotopic (exact) mass is 243 g/mol. The van der Waals surface area contributed by atoms with E-state index in [0.717, 1.165) is 11.1 Å². The minimum atomic E-state index is 0.324. The van der Waals surface area contributed by atoms with E-state index in [0.29, 0.717) is 22.3 Å². The van der Waals surface area contributed by atoms with Crippen molar-refractivity contribution in [3.63, 3.8) is 0 Å². The average molecular weight is 243 g/mol. The second kappa shape index (κ2) is 5.05.